The molecule has 0 heterocycles. The second-order valence-electron chi connectivity index (χ2n) is 6.47. The average molecular weight is 237 g/mol. The van der Waals surface area contributed by atoms with Crippen molar-refractivity contribution >= 4 is 0 Å². The SMILES string of the molecule is C=C(CC(C)(C)CC)NC(CC(C)C)C(=C)C. The summed E-state index contributed by atoms with van der Waals surface area (Å²) in [6, 6.07) is 0.371. The third kappa shape index (κ3) is 7.25. The number of hydrogen-bond acceptors (Lipinski definition) is 1. The third-order valence-electron chi connectivity index (χ3n) is 3.33. The Morgan fingerprint density at radius 3 is 2.12 bits per heavy atom. The number of hydrogen-bond donors (Lipinski definition) is 1. The Morgan fingerprint density at radius 1 is 1.24 bits per heavy atom. The lowest BCUT2D eigenvalue weighted by atomic mass is 9.85. The molecular formula is C16H31N. The van der Waals surface area contributed by atoms with Crippen molar-refractivity contribution in [1.29, 1.82) is 0 Å². The van der Waals surface area contributed by atoms with Crippen molar-refractivity contribution in [1.82, 2.24) is 5.32 Å². The van der Waals surface area contributed by atoms with E-state index in [0.717, 1.165) is 18.5 Å². The predicted molar refractivity (Wildman–Crippen MR) is 79.0 cm³/mol. The van der Waals surface area contributed by atoms with Crippen molar-refractivity contribution in [2.24, 2.45) is 11.3 Å². The van der Waals surface area contributed by atoms with Gasteiger partial charge in [-0.25, -0.2) is 0 Å². The van der Waals surface area contributed by atoms with Crippen molar-refractivity contribution in [2.45, 2.75) is 66.8 Å². The Morgan fingerprint density at radius 2 is 1.76 bits per heavy atom. The molecule has 0 aromatic carbocycles. The molecule has 0 aliphatic rings. The van der Waals surface area contributed by atoms with Crippen LogP contribution in [0.4, 0.5) is 0 Å². The van der Waals surface area contributed by atoms with E-state index in [4.69, 9.17) is 0 Å². The molecule has 0 aromatic heterocycles. The summed E-state index contributed by atoms with van der Waals surface area (Å²) >= 11 is 0. The molecule has 0 amide bonds. The average Bonchev–Trinajstić information content (AvgIpc) is 2.15. The van der Waals surface area contributed by atoms with Crippen LogP contribution in [0.25, 0.3) is 0 Å². The smallest absolute Gasteiger partial charge is 0.0467 e. The van der Waals surface area contributed by atoms with Crippen molar-refractivity contribution in [3.63, 3.8) is 0 Å². The fourth-order valence-electron chi connectivity index (χ4n) is 1.85. The predicted octanol–water partition coefficient (Wildman–Crippen LogP) is 4.91. The van der Waals surface area contributed by atoms with Gasteiger partial charge in [0.25, 0.3) is 0 Å². The van der Waals surface area contributed by atoms with Crippen molar-refractivity contribution in [3.8, 4) is 0 Å². The lowest BCUT2D eigenvalue weighted by Gasteiger charge is -2.28. The second-order valence-corrected chi connectivity index (χ2v) is 6.47. The first-order valence-corrected chi connectivity index (χ1v) is 6.77. The first kappa shape index (κ1) is 16.3. The highest BCUT2D eigenvalue weighted by atomic mass is 14.9. The number of nitrogens with one attached hydrogen (secondary N) is 1. The summed E-state index contributed by atoms with van der Waals surface area (Å²) in [5, 5.41) is 3.54. The van der Waals surface area contributed by atoms with Gasteiger partial charge in [-0.05, 0) is 31.1 Å². The van der Waals surface area contributed by atoms with Crippen LogP contribution >= 0.6 is 0 Å². The molecular weight excluding hydrogens is 206 g/mol. The van der Waals surface area contributed by atoms with E-state index in [0.29, 0.717) is 17.4 Å². The van der Waals surface area contributed by atoms with Crippen LogP contribution in [0.2, 0.25) is 0 Å². The van der Waals surface area contributed by atoms with Gasteiger partial charge in [0, 0.05) is 11.7 Å². The zero-order chi connectivity index (χ0) is 13.6. The monoisotopic (exact) mass is 237 g/mol. The molecule has 1 unspecified atom stereocenters. The minimum absolute atomic E-state index is 0.335. The summed E-state index contributed by atoms with van der Waals surface area (Å²) in [7, 11) is 0. The normalized spacial score (nSPS) is 13.6. The molecule has 1 nitrogen and oxygen atoms in total. The Kier molecular flexibility index (Phi) is 6.59. The van der Waals surface area contributed by atoms with Gasteiger partial charge in [0.1, 0.15) is 0 Å². The molecule has 0 bridgehead atoms. The molecule has 0 spiro atoms. The van der Waals surface area contributed by atoms with Crippen LogP contribution < -0.4 is 5.32 Å². The molecule has 0 aromatic rings. The molecule has 0 aliphatic carbocycles. The fraction of sp³-hybridized carbons (Fsp3) is 0.750. The topological polar surface area (TPSA) is 12.0 Å². The van der Waals surface area contributed by atoms with Crippen molar-refractivity contribution in [3.05, 3.63) is 24.4 Å². The molecule has 100 valence electrons. The van der Waals surface area contributed by atoms with Crippen LogP contribution in [-0.4, -0.2) is 6.04 Å². The molecule has 1 N–H and O–H groups in total. The number of rotatable bonds is 8. The van der Waals surface area contributed by atoms with Crippen LogP contribution in [-0.2, 0) is 0 Å². The van der Waals surface area contributed by atoms with Gasteiger partial charge in [-0.1, -0.05) is 59.8 Å². The summed E-state index contributed by atoms with van der Waals surface area (Å²) < 4.78 is 0. The van der Waals surface area contributed by atoms with E-state index < -0.39 is 0 Å². The summed E-state index contributed by atoms with van der Waals surface area (Å²) in [6.45, 7) is 21.6. The van der Waals surface area contributed by atoms with E-state index in [9.17, 15) is 0 Å². The summed E-state index contributed by atoms with van der Waals surface area (Å²) in [4.78, 5) is 0. The lowest BCUT2D eigenvalue weighted by molar-refractivity contribution is 0.334. The van der Waals surface area contributed by atoms with E-state index >= 15 is 0 Å². The molecule has 0 aliphatic heterocycles. The molecule has 17 heavy (non-hydrogen) atoms. The molecule has 0 rings (SSSR count). The lowest BCUT2D eigenvalue weighted by Crippen LogP contribution is -2.32. The van der Waals surface area contributed by atoms with Gasteiger partial charge in [0.15, 0.2) is 0 Å². The largest absolute Gasteiger partial charge is 0.382 e. The minimum atomic E-state index is 0.335. The molecule has 0 saturated heterocycles. The summed E-state index contributed by atoms with van der Waals surface area (Å²) in [6.07, 6.45) is 3.34. The second kappa shape index (κ2) is 6.88. The van der Waals surface area contributed by atoms with E-state index in [2.05, 4.69) is 60.0 Å². The van der Waals surface area contributed by atoms with Gasteiger partial charge in [0.2, 0.25) is 0 Å². The van der Waals surface area contributed by atoms with Crippen LogP contribution in [0.5, 0.6) is 0 Å². The standard InChI is InChI=1S/C16H31N/c1-9-16(7,8)11-14(6)17-15(13(4)5)10-12(2)3/h12,15,17H,4,6,9-11H2,1-3,5,7-8H3. The Balaban J connectivity index is 4.37. The molecule has 0 saturated carbocycles. The van der Waals surface area contributed by atoms with Gasteiger partial charge in [0.05, 0.1) is 0 Å². The van der Waals surface area contributed by atoms with Gasteiger partial charge >= 0.3 is 0 Å². The highest BCUT2D eigenvalue weighted by molar-refractivity contribution is 5.08. The van der Waals surface area contributed by atoms with Crippen LogP contribution in [0.3, 0.4) is 0 Å². The van der Waals surface area contributed by atoms with Crippen molar-refractivity contribution in [2.75, 3.05) is 0 Å². The quantitative estimate of drug-likeness (QED) is 0.592. The van der Waals surface area contributed by atoms with Gasteiger partial charge in [-0.3, -0.25) is 0 Å². The molecule has 0 radical (unpaired) electrons. The molecule has 0 fully saturated rings. The van der Waals surface area contributed by atoms with E-state index in [-0.39, 0.29) is 0 Å². The fourth-order valence-corrected chi connectivity index (χ4v) is 1.85. The molecule has 1 heteroatoms. The van der Waals surface area contributed by atoms with Crippen molar-refractivity contribution < 1.29 is 0 Å². The van der Waals surface area contributed by atoms with E-state index in [1.807, 2.05) is 0 Å². The van der Waals surface area contributed by atoms with Gasteiger partial charge in [-0.2, -0.15) is 0 Å². The minimum Gasteiger partial charge on any atom is -0.382 e. The van der Waals surface area contributed by atoms with Crippen LogP contribution in [0.15, 0.2) is 24.4 Å². The Bertz CT molecular complexity index is 261. The Labute approximate surface area is 108 Å². The first-order valence-electron chi connectivity index (χ1n) is 6.77. The molecule has 1 atom stereocenters. The van der Waals surface area contributed by atoms with Gasteiger partial charge in [-0.15, -0.1) is 0 Å². The van der Waals surface area contributed by atoms with Crippen LogP contribution in [0, 0.1) is 11.3 Å². The van der Waals surface area contributed by atoms with E-state index in [1.165, 1.54) is 12.0 Å². The zero-order valence-electron chi connectivity index (χ0n) is 12.7. The highest BCUT2D eigenvalue weighted by Gasteiger charge is 2.18. The third-order valence-corrected chi connectivity index (χ3v) is 3.33. The number of allylic oxidation sites excluding steroid dienone is 1. The maximum absolute atomic E-state index is 4.17. The maximum atomic E-state index is 4.17. The Hall–Kier alpha value is -0.720. The highest BCUT2D eigenvalue weighted by Crippen LogP contribution is 2.27. The van der Waals surface area contributed by atoms with Crippen LogP contribution in [0.1, 0.15) is 60.8 Å². The first-order chi connectivity index (χ1) is 7.68. The maximum Gasteiger partial charge on any atom is 0.0467 e. The summed E-state index contributed by atoms with van der Waals surface area (Å²) in [5.41, 5.74) is 2.68. The zero-order valence-corrected chi connectivity index (χ0v) is 12.7. The summed E-state index contributed by atoms with van der Waals surface area (Å²) in [5.74, 6) is 0.677. The van der Waals surface area contributed by atoms with Gasteiger partial charge < -0.3 is 5.32 Å². The van der Waals surface area contributed by atoms with E-state index in [1.54, 1.807) is 0 Å².